The highest BCUT2D eigenvalue weighted by Gasteiger charge is 2.36. The van der Waals surface area contributed by atoms with E-state index < -0.39 is 119 Å². The zero-order chi connectivity index (χ0) is 43.6. The van der Waals surface area contributed by atoms with Gasteiger partial charge in [-0.15, -0.1) is 0 Å². The number of carbonyl (C=O) groups is 6. The number of nitrogens with zero attached hydrogens (tertiary/aromatic N) is 2. The van der Waals surface area contributed by atoms with E-state index in [1.165, 1.54) is 13.8 Å². The molecule has 316 valence electrons. The van der Waals surface area contributed by atoms with Crippen molar-refractivity contribution in [2.24, 2.45) is 11.5 Å². The van der Waals surface area contributed by atoms with Crippen LogP contribution >= 0.6 is 90.4 Å². The molecule has 0 bridgehead atoms. The molecule has 0 spiro atoms. The standard InChI is InChI=1S/C33H42I4N6O14/c1-12-20(30(38)54)25(35)29(26(36)22(12)32(56)40-4-14(48)8-44)43(7-17(51)11-47)19(53)3-18(52)42(6-16(50)10-46)28-13(2)21(31(39)55)24(34)23(27(28)37)33(57)41-5-15(49)9-45/h14-17,44-51H,3-11H2,1-2H3,(H2,38,54)(H2,39,55)(H,40,56)(H,41,57). The number of primary amides is 2. The quantitative estimate of drug-likeness (QED) is 0.0484. The first-order valence-corrected chi connectivity index (χ1v) is 20.9. The van der Waals surface area contributed by atoms with Gasteiger partial charge in [-0.25, -0.2) is 0 Å². The zero-order valence-electron chi connectivity index (χ0n) is 30.3. The Hall–Kier alpha value is -2.14. The largest absolute Gasteiger partial charge is 0.394 e. The molecule has 0 aliphatic heterocycles. The number of benzene rings is 2. The van der Waals surface area contributed by atoms with Gasteiger partial charge in [0, 0.05) is 16.7 Å². The van der Waals surface area contributed by atoms with Crippen LogP contribution < -0.4 is 31.9 Å². The Bertz CT molecular complexity index is 1760. The first kappa shape index (κ1) is 51.0. The minimum absolute atomic E-state index is 0.0172. The maximum atomic E-state index is 14.4. The lowest BCUT2D eigenvalue weighted by Crippen LogP contribution is -2.46. The average Bonchev–Trinajstić information content (AvgIpc) is 3.14. The average molecular weight is 1250 g/mol. The van der Waals surface area contributed by atoms with Crippen molar-refractivity contribution in [1.29, 1.82) is 0 Å². The van der Waals surface area contributed by atoms with E-state index in [1.54, 1.807) is 90.4 Å². The van der Waals surface area contributed by atoms with Crippen molar-refractivity contribution in [2.75, 3.05) is 62.4 Å². The Balaban J connectivity index is 2.90. The highest BCUT2D eigenvalue weighted by Crippen LogP contribution is 2.39. The van der Waals surface area contributed by atoms with Crippen molar-refractivity contribution in [3.63, 3.8) is 0 Å². The van der Waals surface area contributed by atoms with Gasteiger partial charge in [0.15, 0.2) is 0 Å². The maximum absolute atomic E-state index is 14.4. The molecule has 2 aromatic rings. The number of halogens is 4. The maximum Gasteiger partial charge on any atom is 0.253 e. The fraction of sp³-hybridized carbons (Fsp3) is 0.455. The molecule has 6 amide bonds. The predicted molar refractivity (Wildman–Crippen MR) is 237 cm³/mol. The normalized spacial score (nSPS) is 13.3. The van der Waals surface area contributed by atoms with E-state index in [4.69, 9.17) is 11.5 Å². The third kappa shape index (κ3) is 12.5. The Morgan fingerprint density at radius 3 is 1.30 bits per heavy atom. The minimum Gasteiger partial charge on any atom is -0.394 e. The van der Waals surface area contributed by atoms with Crippen LogP contribution in [-0.4, -0.2) is 153 Å². The van der Waals surface area contributed by atoms with Crippen molar-refractivity contribution < 1.29 is 69.6 Å². The second-order valence-corrected chi connectivity index (χ2v) is 16.7. The van der Waals surface area contributed by atoms with E-state index in [-0.39, 0.29) is 59.0 Å². The van der Waals surface area contributed by atoms with Crippen LogP contribution in [0.2, 0.25) is 0 Å². The number of nitrogens with one attached hydrogen (secondary N) is 2. The molecule has 2 rings (SSSR count). The number of anilines is 2. The Kier molecular flexibility index (Phi) is 20.6. The second-order valence-electron chi connectivity index (χ2n) is 12.4. The van der Waals surface area contributed by atoms with Gasteiger partial charge >= 0.3 is 0 Å². The number of amides is 6. The molecule has 4 unspecified atom stereocenters. The summed E-state index contributed by atoms with van der Waals surface area (Å²) in [6.45, 7) is -2.54. The van der Waals surface area contributed by atoms with Crippen molar-refractivity contribution in [2.45, 2.75) is 44.7 Å². The molecule has 20 nitrogen and oxygen atoms in total. The molecule has 2 aromatic carbocycles. The van der Waals surface area contributed by atoms with E-state index in [2.05, 4.69) is 10.6 Å². The van der Waals surface area contributed by atoms with E-state index in [0.29, 0.717) is 0 Å². The summed E-state index contributed by atoms with van der Waals surface area (Å²) in [5.74, 6) is -5.91. The number of aliphatic hydroxyl groups is 8. The van der Waals surface area contributed by atoms with E-state index in [1.807, 2.05) is 0 Å². The number of aliphatic hydroxyl groups excluding tert-OH is 8. The van der Waals surface area contributed by atoms with Gasteiger partial charge in [-0.05, 0) is 115 Å². The molecule has 0 aliphatic rings. The van der Waals surface area contributed by atoms with Gasteiger partial charge in [-0.2, -0.15) is 0 Å². The van der Waals surface area contributed by atoms with Crippen LogP contribution in [0, 0.1) is 28.1 Å². The smallest absolute Gasteiger partial charge is 0.253 e. The second kappa shape index (κ2) is 23.0. The molecule has 4 atom stereocenters. The van der Waals surface area contributed by atoms with Crippen molar-refractivity contribution in [3.05, 3.63) is 47.7 Å². The number of rotatable bonds is 20. The summed E-state index contributed by atoms with van der Waals surface area (Å²) in [6, 6.07) is 0. The van der Waals surface area contributed by atoms with Crippen molar-refractivity contribution in [3.8, 4) is 0 Å². The van der Waals surface area contributed by atoms with E-state index >= 15 is 0 Å². The Morgan fingerprint density at radius 2 is 0.895 bits per heavy atom. The van der Waals surface area contributed by atoms with E-state index in [9.17, 15) is 69.6 Å². The first-order chi connectivity index (χ1) is 26.6. The minimum atomic E-state index is -1.64. The highest BCUT2D eigenvalue weighted by atomic mass is 127. The molecule has 0 saturated carbocycles. The molecular formula is C33H42I4N6O14. The summed E-state index contributed by atoms with van der Waals surface area (Å²) in [5.41, 5.74) is 10.4. The van der Waals surface area contributed by atoms with Crippen LogP contribution in [0.4, 0.5) is 11.4 Å². The summed E-state index contributed by atoms with van der Waals surface area (Å²) in [4.78, 5) is 82.9. The monoisotopic (exact) mass is 1250 g/mol. The lowest BCUT2D eigenvalue weighted by atomic mass is 9.98. The van der Waals surface area contributed by atoms with Crippen LogP contribution in [0.15, 0.2) is 0 Å². The molecule has 24 heteroatoms. The third-order valence-electron chi connectivity index (χ3n) is 8.22. The van der Waals surface area contributed by atoms with Crippen molar-refractivity contribution in [1.82, 2.24) is 10.6 Å². The molecule has 0 heterocycles. The number of hydrogen-bond donors (Lipinski definition) is 12. The van der Waals surface area contributed by atoms with Crippen molar-refractivity contribution >= 4 is 137 Å². The number of nitrogens with two attached hydrogens (primary N) is 2. The van der Waals surface area contributed by atoms with Crippen LogP contribution in [-0.2, 0) is 9.59 Å². The van der Waals surface area contributed by atoms with E-state index in [0.717, 1.165) is 9.80 Å². The highest BCUT2D eigenvalue weighted by molar-refractivity contribution is 14.1. The summed E-state index contributed by atoms with van der Waals surface area (Å²) in [7, 11) is 0. The molecule has 57 heavy (non-hydrogen) atoms. The lowest BCUT2D eigenvalue weighted by molar-refractivity contribution is -0.127. The van der Waals surface area contributed by atoms with Crippen LogP contribution in [0.1, 0.15) is 59.0 Å². The fourth-order valence-corrected chi connectivity index (χ4v) is 11.3. The fourth-order valence-electron chi connectivity index (χ4n) is 5.41. The van der Waals surface area contributed by atoms with Gasteiger partial charge in [0.2, 0.25) is 23.6 Å². The van der Waals surface area contributed by atoms with Gasteiger partial charge in [-0.3, -0.25) is 28.8 Å². The molecule has 0 radical (unpaired) electrons. The number of hydrogen-bond acceptors (Lipinski definition) is 14. The molecule has 14 N–H and O–H groups in total. The third-order valence-corrected chi connectivity index (χ3v) is 12.4. The predicted octanol–water partition coefficient (Wildman–Crippen LogP) is -2.45. The molecule has 0 saturated heterocycles. The van der Waals surface area contributed by atoms with Gasteiger partial charge < -0.3 is 72.8 Å². The summed E-state index contributed by atoms with van der Waals surface area (Å²) < 4.78 is 0.106. The molecule has 0 aliphatic carbocycles. The lowest BCUT2D eigenvalue weighted by Gasteiger charge is -2.32. The van der Waals surface area contributed by atoms with Crippen LogP contribution in [0.25, 0.3) is 0 Å². The zero-order valence-corrected chi connectivity index (χ0v) is 38.9. The first-order valence-electron chi connectivity index (χ1n) is 16.6. The SMILES string of the molecule is Cc1c(C(N)=O)c(I)c(N(CC(O)CO)C(=O)CC(=O)N(CC(O)CO)c2c(C)c(C(N)=O)c(I)c(C(=O)NCC(O)CO)c2I)c(I)c1C(=O)NCC(O)CO. The van der Waals surface area contributed by atoms with Crippen LogP contribution in [0.5, 0.6) is 0 Å². The molecular weight excluding hydrogens is 1210 g/mol. The summed E-state index contributed by atoms with van der Waals surface area (Å²) in [6.07, 6.45) is -7.05. The van der Waals surface area contributed by atoms with Gasteiger partial charge in [-0.1, -0.05) is 0 Å². The summed E-state index contributed by atoms with van der Waals surface area (Å²) in [5, 5.41) is 83.6. The Labute approximate surface area is 380 Å². The van der Waals surface area contributed by atoms with Gasteiger partial charge in [0.25, 0.3) is 11.8 Å². The van der Waals surface area contributed by atoms with Gasteiger partial charge in [0.05, 0.1) is 108 Å². The number of carbonyl (C=O) groups excluding carboxylic acids is 6. The molecule has 0 aromatic heterocycles. The van der Waals surface area contributed by atoms with Crippen LogP contribution in [0.3, 0.4) is 0 Å². The summed E-state index contributed by atoms with van der Waals surface area (Å²) >= 11 is 6.81. The van der Waals surface area contributed by atoms with Gasteiger partial charge in [0.1, 0.15) is 6.42 Å². The molecule has 0 fully saturated rings. The Morgan fingerprint density at radius 1 is 0.544 bits per heavy atom. The topological polar surface area (TPSA) is 347 Å².